The first-order valence-corrected chi connectivity index (χ1v) is 12.7. The number of sulfonamides is 1. The van der Waals surface area contributed by atoms with Gasteiger partial charge in [-0.05, 0) is 44.2 Å². The monoisotopic (exact) mass is 471 g/mol. The lowest BCUT2D eigenvalue weighted by atomic mass is 10.2. The van der Waals surface area contributed by atoms with Gasteiger partial charge in [-0.2, -0.15) is 4.31 Å². The number of para-hydroxylation sites is 1. The minimum atomic E-state index is -3.58. The van der Waals surface area contributed by atoms with Gasteiger partial charge in [-0.3, -0.25) is 4.79 Å². The Balaban J connectivity index is 1.44. The number of benzene rings is 1. The van der Waals surface area contributed by atoms with Crippen molar-refractivity contribution < 1.29 is 17.9 Å². The lowest BCUT2D eigenvalue weighted by Gasteiger charge is -2.25. The number of hydrogen-bond acceptors (Lipinski definition) is 6. The summed E-state index contributed by atoms with van der Waals surface area (Å²) in [6.45, 7) is 5.41. The van der Waals surface area contributed by atoms with E-state index in [0.29, 0.717) is 36.9 Å². The van der Waals surface area contributed by atoms with Crippen LogP contribution in [0.3, 0.4) is 0 Å². The van der Waals surface area contributed by atoms with Crippen LogP contribution in [0.15, 0.2) is 64.6 Å². The van der Waals surface area contributed by atoms with Crippen molar-refractivity contribution in [3.05, 3.63) is 71.7 Å². The Bertz CT molecular complexity index is 1200. The van der Waals surface area contributed by atoms with E-state index >= 15 is 0 Å². The smallest absolute Gasteiger partial charge is 0.244 e. The van der Waals surface area contributed by atoms with Crippen molar-refractivity contribution in [1.29, 1.82) is 0 Å². The number of nitrogens with zero attached hydrogens (tertiary/aromatic N) is 3. The van der Waals surface area contributed by atoms with Gasteiger partial charge in [-0.1, -0.05) is 30.0 Å². The van der Waals surface area contributed by atoms with Gasteiger partial charge in [0.15, 0.2) is 5.78 Å². The molecule has 1 aliphatic rings. The van der Waals surface area contributed by atoms with E-state index < -0.39 is 10.0 Å². The van der Waals surface area contributed by atoms with E-state index in [0.717, 1.165) is 17.1 Å². The van der Waals surface area contributed by atoms with Crippen molar-refractivity contribution in [2.45, 2.75) is 23.8 Å². The summed E-state index contributed by atoms with van der Waals surface area (Å²) in [5, 5.41) is 0.608. The van der Waals surface area contributed by atoms with E-state index in [-0.39, 0.29) is 16.4 Å². The number of thioether (sulfide) groups is 1. The van der Waals surface area contributed by atoms with Gasteiger partial charge in [-0.15, -0.1) is 0 Å². The molecule has 0 N–H and O–H groups in total. The molecular formula is C23H25N3O4S2. The van der Waals surface area contributed by atoms with Gasteiger partial charge in [0.2, 0.25) is 10.0 Å². The maximum atomic E-state index is 12.9. The summed E-state index contributed by atoms with van der Waals surface area (Å²) >= 11 is 1.30. The maximum absolute atomic E-state index is 12.9. The fourth-order valence-electron chi connectivity index (χ4n) is 3.78. The van der Waals surface area contributed by atoms with E-state index in [2.05, 4.69) is 9.55 Å². The fraction of sp³-hybridized carbons (Fsp3) is 0.304. The largest absolute Gasteiger partial charge is 0.379 e. The molecule has 168 valence electrons. The number of ketones is 1. The summed E-state index contributed by atoms with van der Waals surface area (Å²) in [6.07, 6.45) is 1.36. The minimum absolute atomic E-state index is 0.0112. The highest BCUT2D eigenvalue weighted by atomic mass is 32.2. The first kappa shape index (κ1) is 22.7. The summed E-state index contributed by atoms with van der Waals surface area (Å²) < 4.78 is 34.1. The van der Waals surface area contributed by atoms with Crippen molar-refractivity contribution in [3.63, 3.8) is 0 Å². The van der Waals surface area contributed by atoms with Crippen LogP contribution in [0, 0.1) is 13.8 Å². The third-order valence-electron chi connectivity index (χ3n) is 5.41. The molecule has 9 heteroatoms. The van der Waals surface area contributed by atoms with Crippen LogP contribution in [0.5, 0.6) is 0 Å². The van der Waals surface area contributed by atoms with Crippen LogP contribution in [0.4, 0.5) is 0 Å². The Hall–Kier alpha value is -2.46. The van der Waals surface area contributed by atoms with Gasteiger partial charge in [-0.25, -0.2) is 13.4 Å². The van der Waals surface area contributed by atoms with E-state index in [1.165, 1.54) is 22.3 Å². The molecule has 1 saturated heterocycles. The number of ether oxygens (including phenoxy) is 1. The maximum Gasteiger partial charge on any atom is 0.244 e. The van der Waals surface area contributed by atoms with Gasteiger partial charge in [0.1, 0.15) is 4.90 Å². The molecule has 3 heterocycles. The summed E-state index contributed by atoms with van der Waals surface area (Å²) in [6, 6.07) is 15.0. The van der Waals surface area contributed by atoms with Crippen LogP contribution in [0.1, 0.15) is 21.7 Å². The molecule has 1 fully saturated rings. The molecule has 7 nitrogen and oxygen atoms in total. The number of aryl methyl sites for hydroxylation is 1. The molecule has 0 spiro atoms. The quantitative estimate of drug-likeness (QED) is 0.388. The van der Waals surface area contributed by atoms with Crippen molar-refractivity contribution in [3.8, 4) is 5.69 Å². The molecule has 0 saturated carbocycles. The van der Waals surface area contributed by atoms with Gasteiger partial charge in [0.25, 0.3) is 0 Å². The van der Waals surface area contributed by atoms with Crippen molar-refractivity contribution in [2.75, 3.05) is 32.1 Å². The molecule has 1 aliphatic heterocycles. The van der Waals surface area contributed by atoms with Crippen molar-refractivity contribution in [2.24, 2.45) is 0 Å². The molecule has 1 aromatic carbocycles. The highest BCUT2D eigenvalue weighted by Crippen LogP contribution is 2.25. The number of carbonyl (C=O) groups is 1. The molecule has 0 radical (unpaired) electrons. The van der Waals surface area contributed by atoms with E-state index in [9.17, 15) is 13.2 Å². The number of morpholine rings is 1. The fourth-order valence-corrected chi connectivity index (χ4v) is 5.86. The summed E-state index contributed by atoms with van der Waals surface area (Å²) in [4.78, 5) is 17.3. The highest BCUT2D eigenvalue weighted by molar-refractivity contribution is 7.99. The predicted octanol–water partition coefficient (Wildman–Crippen LogP) is 3.49. The molecule has 3 aromatic rings. The zero-order chi connectivity index (χ0) is 22.7. The zero-order valence-corrected chi connectivity index (χ0v) is 19.7. The SMILES string of the molecule is Cc1cc(C(=O)CSc2ccc(S(=O)(=O)N3CCOCC3)cn2)c(C)n1-c1ccccc1. The minimum Gasteiger partial charge on any atom is -0.379 e. The van der Waals surface area contributed by atoms with E-state index in [1.807, 2.05) is 50.2 Å². The van der Waals surface area contributed by atoms with Gasteiger partial charge < -0.3 is 9.30 Å². The Morgan fingerprint density at radius 3 is 2.47 bits per heavy atom. The second kappa shape index (κ2) is 9.58. The number of pyridine rings is 1. The molecular weight excluding hydrogens is 446 g/mol. The molecule has 0 bridgehead atoms. The van der Waals surface area contributed by atoms with Crippen LogP contribution in [-0.2, 0) is 14.8 Å². The summed E-state index contributed by atoms with van der Waals surface area (Å²) in [7, 11) is -3.58. The standard InChI is InChI=1S/C23H25N3O4S2/c1-17-14-21(18(2)26(17)19-6-4-3-5-7-19)22(27)16-31-23-9-8-20(15-24-23)32(28,29)25-10-12-30-13-11-25/h3-9,14-15H,10-13,16H2,1-2H3. The zero-order valence-electron chi connectivity index (χ0n) is 18.0. The first-order valence-electron chi connectivity index (χ1n) is 10.3. The number of carbonyl (C=O) groups excluding carboxylic acids is 1. The number of hydrogen-bond donors (Lipinski definition) is 0. The van der Waals surface area contributed by atoms with Crippen LogP contribution < -0.4 is 0 Å². The molecule has 2 aromatic heterocycles. The van der Waals surface area contributed by atoms with Crippen LogP contribution in [-0.4, -0.2) is 60.1 Å². The van der Waals surface area contributed by atoms with Crippen LogP contribution in [0.25, 0.3) is 5.69 Å². The number of aromatic nitrogens is 2. The van der Waals surface area contributed by atoms with Crippen LogP contribution >= 0.6 is 11.8 Å². The Morgan fingerprint density at radius 1 is 1.09 bits per heavy atom. The lowest BCUT2D eigenvalue weighted by Crippen LogP contribution is -2.40. The third kappa shape index (κ3) is 4.66. The van der Waals surface area contributed by atoms with Gasteiger partial charge in [0.05, 0.1) is 24.0 Å². The summed E-state index contributed by atoms with van der Waals surface area (Å²) in [5.41, 5.74) is 3.61. The number of Topliss-reactive ketones (excluding diaryl/α,β-unsaturated/α-hetero) is 1. The molecule has 0 aliphatic carbocycles. The molecule has 32 heavy (non-hydrogen) atoms. The first-order chi connectivity index (χ1) is 15.4. The lowest BCUT2D eigenvalue weighted by molar-refractivity contribution is 0.0730. The average molecular weight is 472 g/mol. The predicted molar refractivity (Wildman–Crippen MR) is 124 cm³/mol. The van der Waals surface area contributed by atoms with Gasteiger partial charge in [0, 0.05) is 41.9 Å². The molecule has 0 amide bonds. The Kier molecular flexibility index (Phi) is 6.80. The summed E-state index contributed by atoms with van der Waals surface area (Å²) in [5.74, 6) is 0.235. The third-order valence-corrected chi connectivity index (χ3v) is 8.24. The Morgan fingerprint density at radius 2 is 1.81 bits per heavy atom. The Labute approximate surface area is 192 Å². The van der Waals surface area contributed by atoms with Gasteiger partial charge >= 0.3 is 0 Å². The normalized spacial score (nSPS) is 15.1. The van der Waals surface area contributed by atoms with E-state index in [4.69, 9.17) is 4.74 Å². The number of rotatable bonds is 7. The van der Waals surface area contributed by atoms with Crippen molar-refractivity contribution >= 4 is 27.6 Å². The second-order valence-corrected chi connectivity index (χ2v) is 10.4. The second-order valence-electron chi connectivity index (χ2n) is 7.52. The molecule has 0 atom stereocenters. The molecule has 0 unspecified atom stereocenters. The topological polar surface area (TPSA) is 81.5 Å². The van der Waals surface area contributed by atoms with Crippen LogP contribution in [0.2, 0.25) is 0 Å². The average Bonchev–Trinajstić information content (AvgIpc) is 3.12. The van der Waals surface area contributed by atoms with E-state index in [1.54, 1.807) is 12.1 Å². The highest BCUT2D eigenvalue weighted by Gasteiger charge is 2.26. The molecule has 4 rings (SSSR count). The van der Waals surface area contributed by atoms with Crippen molar-refractivity contribution in [1.82, 2.24) is 13.9 Å².